The predicted octanol–water partition coefficient (Wildman–Crippen LogP) is 3.32. The van der Waals surface area contributed by atoms with Gasteiger partial charge in [-0.2, -0.15) is 0 Å². The van der Waals surface area contributed by atoms with E-state index < -0.39 is 21.9 Å². The molecule has 1 aromatic heterocycles. The van der Waals surface area contributed by atoms with Gasteiger partial charge in [0.15, 0.2) is 0 Å². The van der Waals surface area contributed by atoms with E-state index in [0.717, 1.165) is 5.56 Å². The first-order chi connectivity index (χ1) is 11.0. The first kappa shape index (κ1) is 15.1. The summed E-state index contributed by atoms with van der Waals surface area (Å²) in [5.74, 6) is -0.608. The zero-order valence-corrected chi connectivity index (χ0v) is 12.5. The van der Waals surface area contributed by atoms with Crippen molar-refractivity contribution in [3.63, 3.8) is 0 Å². The molecule has 116 valence electrons. The average Bonchev–Trinajstić information content (AvgIpc) is 2.53. The number of para-hydroxylation sites is 1. The summed E-state index contributed by atoms with van der Waals surface area (Å²) in [6.07, 6.45) is 0. The van der Waals surface area contributed by atoms with Crippen LogP contribution < -0.4 is 5.56 Å². The molecule has 0 bridgehead atoms. The van der Waals surface area contributed by atoms with Crippen LogP contribution >= 0.6 is 11.6 Å². The van der Waals surface area contributed by atoms with Gasteiger partial charge in [0.05, 0.1) is 17.0 Å². The number of pyridine rings is 1. The van der Waals surface area contributed by atoms with Gasteiger partial charge in [0, 0.05) is 10.4 Å². The second kappa shape index (κ2) is 5.73. The largest absolute Gasteiger partial charge is 0.501 e. The van der Waals surface area contributed by atoms with Crippen LogP contribution in [0.3, 0.4) is 0 Å². The van der Waals surface area contributed by atoms with E-state index in [1.165, 1.54) is 10.6 Å². The Kier molecular flexibility index (Phi) is 3.75. The molecule has 0 aliphatic carbocycles. The van der Waals surface area contributed by atoms with Gasteiger partial charge in [0.1, 0.15) is 0 Å². The molecule has 7 heteroatoms. The SMILES string of the molecule is O=c1c([N+](=O)[O-])c(O)c2ccccc2n1Cc1ccc(Cl)cc1. The maximum atomic E-state index is 12.5. The first-order valence-electron chi connectivity index (χ1n) is 6.72. The maximum absolute atomic E-state index is 12.5. The molecule has 1 N–H and O–H groups in total. The third-order valence-electron chi connectivity index (χ3n) is 3.56. The quantitative estimate of drug-likeness (QED) is 0.589. The van der Waals surface area contributed by atoms with Gasteiger partial charge in [-0.15, -0.1) is 0 Å². The molecule has 0 unspecified atom stereocenters. The highest BCUT2D eigenvalue weighted by Crippen LogP contribution is 2.31. The van der Waals surface area contributed by atoms with Crippen LogP contribution in [-0.4, -0.2) is 14.6 Å². The van der Waals surface area contributed by atoms with Crippen LogP contribution in [0.5, 0.6) is 5.75 Å². The molecular weight excluding hydrogens is 320 g/mol. The Morgan fingerprint density at radius 3 is 2.43 bits per heavy atom. The summed E-state index contributed by atoms with van der Waals surface area (Å²) in [5, 5.41) is 22.0. The van der Waals surface area contributed by atoms with E-state index >= 15 is 0 Å². The highest BCUT2D eigenvalue weighted by Gasteiger charge is 2.25. The van der Waals surface area contributed by atoms with Crippen LogP contribution in [0.25, 0.3) is 10.9 Å². The molecule has 1 heterocycles. The van der Waals surface area contributed by atoms with Crippen molar-refractivity contribution in [3.8, 4) is 5.75 Å². The molecule has 0 fully saturated rings. The predicted molar refractivity (Wildman–Crippen MR) is 87.1 cm³/mol. The van der Waals surface area contributed by atoms with Crippen LogP contribution in [0.1, 0.15) is 5.56 Å². The number of nitrogens with zero attached hydrogens (tertiary/aromatic N) is 2. The summed E-state index contributed by atoms with van der Waals surface area (Å²) < 4.78 is 1.27. The zero-order chi connectivity index (χ0) is 16.6. The molecule has 0 saturated carbocycles. The van der Waals surface area contributed by atoms with Gasteiger partial charge >= 0.3 is 11.2 Å². The van der Waals surface area contributed by atoms with E-state index in [-0.39, 0.29) is 11.9 Å². The molecular formula is C16H11ClN2O4. The van der Waals surface area contributed by atoms with Crippen molar-refractivity contribution >= 4 is 28.2 Å². The minimum atomic E-state index is -0.859. The monoisotopic (exact) mass is 330 g/mol. The third-order valence-corrected chi connectivity index (χ3v) is 3.81. The van der Waals surface area contributed by atoms with Crippen molar-refractivity contribution in [3.05, 3.63) is 79.6 Å². The second-order valence-corrected chi connectivity index (χ2v) is 5.43. The average molecular weight is 331 g/mol. The first-order valence-corrected chi connectivity index (χ1v) is 7.10. The van der Waals surface area contributed by atoms with Crippen molar-refractivity contribution in [2.75, 3.05) is 0 Å². The van der Waals surface area contributed by atoms with Crippen LogP contribution in [0, 0.1) is 10.1 Å². The van der Waals surface area contributed by atoms with E-state index in [1.807, 2.05) is 0 Å². The smallest absolute Gasteiger partial charge is 0.375 e. The number of halogens is 1. The van der Waals surface area contributed by atoms with Crippen molar-refractivity contribution in [2.24, 2.45) is 0 Å². The second-order valence-electron chi connectivity index (χ2n) is 4.99. The molecule has 0 aliphatic rings. The molecule has 3 rings (SSSR count). The van der Waals surface area contributed by atoms with Gasteiger partial charge in [-0.25, -0.2) is 0 Å². The van der Waals surface area contributed by atoms with Gasteiger partial charge < -0.3 is 5.11 Å². The van der Waals surface area contributed by atoms with Crippen molar-refractivity contribution in [1.29, 1.82) is 0 Å². The maximum Gasteiger partial charge on any atom is 0.375 e. The lowest BCUT2D eigenvalue weighted by atomic mass is 10.1. The van der Waals surface area contributed by atoms with E-state index in [2.05, 4.69) is 0 Å². The molecule has 0 amide bonds. The van der Waals surface area contributed by atoms with Crippen molar-refractivity contribution in [1.82, 2.24) is 4.57 Å². The minimum absolute atomic E-state index is 0.137. The zero-order valence-electron chi connectivity index (χ0n) is 11.8. The fourth-order valence-corrected chi connectivity index (χ4v) is 2.60. The highest BCUT2D eigenvalue weighted by molar-refractivity contribution is 6.30. The summed E-state index contributed by atoms with van der Waals surface area (Å²) >= 11 is 5.84. The third kappa shape index (κ3) is 2.64. The molecule has 0 saturated heterocycles. The summed E-state index contributed by atoms with van der Waals surface area (Å²) in [7, 11) is 0. The lowest BCUT2D eigenvalue weighted by Gasteiger charge is -2.11. The number of rotatable bonds is 3. The standard InChI is InChI=1S/C16H11ClN2O4/c17-11-7-5-10(6-8-11)9-18-13-4-2-1-3-12(13)15(20)14(16(18)21)19(22)23/h1-8,20H,9H2. The molecule has 0 atom stereocenters. The highest BCUT2D eigenvalue weighted by atomic mass is 35.5. The number of hydrogen-bond acceptors (Lipinski definition) is 4. The van der Waals surface area contributed by atoms with E-state index in [0.29, 0.717) is 10.5 Å². The van der Waals surface area contributed by atoms with E-state index in [4.69, 9.17) is 11.6 Å². The number of hydrogen-bond donors (Lipinski definition) is 1. The Bertz CT molecular complexity index is 964. The summed E-state index contributed by atoms with van der Waals surface area (Å²) in [4.78, 5) is 22.7. The minimum Gasteiger partial charge on any atom is -0.501 e. The summed E-state index contributed by atoms with van der Waals surface area (Å²) in [5.41, 5.74) is -0.476. The van der Waals surface area contributed by atoms with Crippen LogP contribution in [0.15, 0.2) is 53.3 Å². The Labute approximate surface area is 135 Å². The molecule has 2 aromatic carbocycles. The normalized spacial score (nSPS) is 10.8. The van der Waals surface area contributed by atoms with Gasteiger partial charge in [0.25, 0.3) is 0 Å². The lowest BCUT2D eigenvalue weighted by molar-refractivity contribution is -0.387. The van der Waals surface area contributed by atoms with Gasteiger partial charge in [-0.05, 0) is 29.8 Å². The number of aromatic hydroxyl groups is 1. The Hall–Kier alpha value is -2.86. The molecule has 3 aromatic rings. The molecule has 6 nitrogen and oxygen atoms in total. The number of aromatic nitrogens is 1. The lowest BCUT2D eigenvalue weighted by Crippen LogP contribution is -2.23. The molecule has 23 heavy (non-hydrogen) atoms. The van der Waals surface area contributed by atoms with Crippen molar-refractivity contribution < 1.29 is 10.0 Å². The Morgan fingerprint density at radius 1 is 1.13 bits per heavy atom. The summed E-state index contributed by atoms with van der Waals surface area (Å²) in [6, 6.07) is 13.3. The Balaban J connectivity index is 2.28. The molecule has 0 spiro atoms. The van der Waals surface area contributed by atoms with Gasteiger partial charge in [-0.1, -0.05) is 35.9 Å². The molecule has 0 radical (unpaired) electrons. The van der Waals surface area contributed by atoms with Crippen molar-refractivity contribution in [2.45, 2.75) is 6.54 Å². The van der Waals surface area contributed by atoms with E-state index in [1.54, 1.807) is 42.5 Å². The Morgan fingerprint density at radius 2 is 1.78 bits per heavy atom. The fourth-order valence-electron chi connectivity index (χ4n) is 2.47. The number of fused-ring (bicyclic) bond motifs is 1. The van der Waals surface area contributed by atoms with Crippen LogP contribution in [-0.2, 0) is 6.54 Å². The number of benzene rings is 2. The van der Waals surface area contributed by atoms with Gasteiger partial charge in [0.2, 0.25) is 5.75 Å². The topological polar surface area (TPSA) is 85.4 Å². The summed E-state index contributed by atoms with van der Waals surface area (Å²) in [6.45, 7) is 0.137. The van der Waals surface area contributed by atoms with Crippen LogP contribution in [0.2, 0.25) is 5.02 Å². The van der Waals surface area contributed by atoms with Gasteiger partial charge in [-0.3, -0.25) is 19.5 Å². The van der Waals surface area contributed by atoms with E-state index in [9.17, 15) is 20.0 Å². The van der Waals surface area contributed by atoms with Crippen LogP contribution in [0.4, 0.5) is 5.69 Å². The molecule has 0 aliphatic heterocycles. The fraction of sp³-hybridized carbons (Fsp3) is 0.0625. The number of nitro groups is 1.